The Hall–Kier alpha value is -3.74. The van der Waals surface area contributed by atoms with Crippen molar-refractivity contribution in [2.24, 2.45) is 0 Å². The van der Waals surface area contributed by atoms with Crippen LogP contribution in [0.4, 0.5) is 0 Å². The van der Waals surface area contributed by atoms with Gasteiger partial charge in [-0.2, -0.15) is 0 Å². The fourth-order valence-corrected chi connectivity index (χ4v) is 3.26. The van der Waals surface area contributed by atoms with E-state index in [-0.39, 0.29) is 0 Å². The molecule has 0 fully saturated rings. The van der Waals surface area contributed by atoms with E-state index in [4.69, 9.17) is 18.9 Å². The van der Waals surface area contributed by atoms with Gasteiger partial charge in [-0.05, 0) is 35.4 Å². The van der Waals surface area contributed by atoms with Crippen LogP contribution in [0.2, 0.25) is 0 Å². The molecule has 4 rings (SSSR count). The molecule has 0 aliphatic rings. The molecule has 0 bridgehead atoms. The third kappa shape index (κ3) is 3.31. The van der Waals surface area contributed by atoms with Crippen molar-refractivity contribution >= 4 is 11.0 Å². The number of nitrogens with zero attached hydrogens (tertiary/aromatic N) is 3. The van der Waals surface area contributed by atoms with Gasteiger partial charge in [0.25, 0.3) is 0 Å². The molecule has 0 spiro atoms. The summed E-state index contributed by atoms with van der Waals surface area (Å²) in [7, 11) is 6.40. The number of hydrogen-bond acceptors (Lipinski definition) is 6. The molecule has 4 aromatic rings. The quantitative estimate of drug-likeness (QED) is 0.492. The lowest BCUT2D eigenvalue weighted by molar-refractivity contribution is 0.324. The van der Waals surface area contributed by atoms with Crippen LogP contribution in [0.3, 0.4) is 0 Å². The molecule has 1 aromatic heterocycles. The van der Waals surface area contributed by atoms with E-state index < -0.39 is 0 Å². The number of aromatic nitrogens is 3. The van der Waals surface area contributed by atoms with Crippen LogP contribution < -0.4 is 18.9 Å². The highest BCUT2D eigenvalue weighted by Crippen LogP contribution is 2.39. The van der Waals surface area contributed by atoms with Gasteiger partial charge in [0, 0.05) is 12.1 Å². The average Bonchev–Trinajstić information content (AvgIpc) is 3.21. The lowest BCUT2D eigenvalue weighted by atomic mass is 10.0. The number of rotatable bonds is 6. The molecular weight excluding hydrogens is 370 g/mol. The van der Waals surface area contributed by atoms with Gasteiger partial charge in [-0.1, -0.05) is 23.4 Å². The van der Waals surface area contributed by atoms with E-state index in [2.05, 4.69) is 16.4 Å². The summed E-state index contributed by atoms with van der Waals surface area (Å²) in [5, 5.41) is 8.62. The maximum atomic E-state index is 5.47. The average molecular weight is 391 g/mol. The zero-order chi connectivity index (χ0) is 20.4. The minimum Gasteiger partial charge on any atom is -0.497 e. The Bertz CT molecular complexity index is 1130. The molecule has 7 nitrogen and oxygen atoms in total. The fourth-order valence-electron chi connectivity index (χ4n) is 3.26. The Morgan fingerprint density at radius 1 is 0.690 bits per heavy atom. The standard InChI is InChI=1S/C22H21N3O4/c1-26-17-8-5-14(6-9-17)15-7-10-18-19(11-15)25(24-23-18)16-12-20(27-2)22(29-4)21(13-16)28-3/h5-13H,1-4H3. The summed E-state index contributed by atoms with van der Waals surface area (Å²) < 4.78 is 23.3. The molecule has 0 aliphatic carbocycles. The first-order chi connectivity index (χ1) is 14.2. The van der Waals surface area contributed by atoms with Gasteiger partial charge < -0.3 is 18.9 Å². The molecule has 148 valence electrons. The lowest BCUT2D eigenvalue weighted by Gasteiger charge is -2.14. The SMILES string of the molecule is COc1ccc(-c2ccc3nnn(-c4cc(OC)c(OC)c(OC)c4)c3c2)cc1. The largest absolute Gasteiger partial charge is 0.497 e. The van der Waals surface area contributed by atoms with Gasteiger partial charge in [0.1, 0.15) is 11.3 Å². The monoisotopic (exact) mass is 391 g/mol. The predicted octanol–water partition coefficient (Wildman–Crippen LogP) is 4.12. The molecule has 0 N–H and O–H groups in total. The molecule has 0 saturated carbocycles. The molecule has 1 heterocycles. The minimum atomic E-state index is 0.530. The molecule has 0 unspecified atom stereocenters. The molecule has 0 aliphatic heterocycles. The topological polar surface area (TPSA) is 67.6 Å². The number of ether oxygens (including phenoxy) is 4. The summed E-state index contributed by atoms with van der Waals surface area (Å²) >= 11 is 0. The van der Waals surface area contributed by atoms with Crippen LogP contribution in [0.15, 0.2) is 54.6 Å². The van der Waals surface area contributed by atoms with E-state index in [1.54, 1.807) is 33.1 Å². The van der Waals surface area contributed by atoms with Gasteiger partial charge in [0.2, 0.25) is 5.75 Å². The molecule has 0 saturated heterocycles. The van der Waals surface area contributed by atoms with Crippen molar-refractivity contribution in [3.8, 4) is 39.8 Å². The van der Waals surface area contributed by atoms with E-state index in [1.807, 2.05) is 48.5 Å². The summed E-state index contributed by atoms with van der Waals surface area (Å²) in [6, 6.07) is 17.6. The smallest absolute Gasteiger partial charge is 0.203 e. The van der Waals surface area contributed by atoms with E-state index >= 15 is 0 Å². The highest BCUT2D eigenvalue weighted by Gasteiger charge is 2.16. The second-order valence-electron chi connectivity index (χ2n) is 6.32. The first-order valence-corrected chi connectivity index (χ1v) is 8.98. The van der Waals surface area contributed by atoms with E-state index in [0.717, 1.165) is 33.6 Å². The zero-order valence-corrected chi connectivity index (χ0v) is 16.7. The third-order valence-electron chi connectivity index (χ3n) is 4.76. The molecule has 0 radical (unpaired) electrons. The first-order valence-electron chi connectivity index (χ1n) is 8.98. The van der Waals surface area contributed by atoms with Crippen LogP contribution in [0, 0.1) is 0 Å². The van der Waals surface area contributed by atoms with Crippen molar-refractivity contribution < 1.29 is 18.9 Å². The summed E-state index contributed by atoms with van der Waals surface area (Å²) in [4.78, 5) is 0. The van der Waals surface area contributed by atoms with E-state index in [1.165, 1.54) is 0 Å². The minimum absolute atomic E-state index is 0.530. The number of benzene rings is 3. The molecule has 7 heteroatoms. The van der Waals surface area contributed by atoms with Crippen molar-refractivity contribution in [2.75, 3.05) is 28.4 Å². The highest BCUT2D eigenvalue weighted by molar-refractivity contribution is 5.83. The van der Waals surface area contributed by atoms with Gasteiger partial charge in [-0.15, -0.1) is 5.10 Å². The molecular formula is C22H21N3O4. The zero-order valence-electron chi connectivity index (χ0n) is 16.7. The van der Waals surface area contributed by atoms with Crippen LogP contribution in [-0.2, 0) is 0 Å². The number of methoxy groups -OCH3 is 4. The van der Waals surface area contributed by atoms with Gasteiger partial charge in [-0.3, -0.25) is 0 Å². The molecule has 29 heavy (non-hydrogen) atoms. The fraction of sp³-hybridized carbons (Fsp3) is 0.182. The van der Waals surface area contributed by atoms with Gasteiger partial charge in [-0.25, -0.2) is 4.68 Å². The van der Waals surface area contributed by atoms with E-state index in [0.29, 0.717) is 17.2 Å². The van der Waals surface area contributed by atoms with Gasteiger partial charge in [0.15, 0.2) is 11.5 Å². The highest BCUT2D eigenvalue weighted by atomic mass is 16.5. The van der Waals surface area contributed by atoms with Gasteiger partial charge >= 0.3 is 0 Å². The second-order valence-corrected chi connectivity index (χ2v) is 6.32. The Balaban J connectivity index is 1.84. The molecule has 0 amide bonds. The summed E-state index contributed by atoms with van der Waals surface area (Å²) in [5.74, 6) is 2.45. The Morgan fingerprint density at radius 2 is 1.34 bits per heavy atom. The van der Waals surface area contributed by atoms with Crippen LogP contribution in [0.5, 0.6) is 23.0 Å². The molecule has 0 atom stereocenters. The summed E-state index contributed by atoms with van der Waals surface area (Å²) in [6.45, 7) is 0. The van der Waals surface area contributed by atoms with Crippen LogP contribution in [0.25, 0.3) is 27.8 Å². The van der Waals surface area contributed by atoms with E-state index in [9.17, 15) is 0 Å². The number of hydrogen-bond donors (Lipinski definition) is 0. The number of fused-ring (bicyclic) bond motifs is 1. The predicted molar refractivity (Wildman–Crippen MR) is 111 cm³/mol. The van der Waals surface area contributed by atoms with Crippen molar-refractivity contribution in [1.29, 1.82) is 0 Å². The van der Waals surface area contributed by atoms with Crippen LogP contribution in [-0.4, -0.2) is 43.4 Å². The van der Waals surface area contributed by atoms with Crippen LogP contribution in [0.1, 0.15) is 0 Å². The third-order valence-corrected chi connectivity index (χ3v) is 4.76. The summed E-state index contributed by atoms with van der Waals surface area (Å²) in [6.07, 6.45) is 0. The normalized spacial score (nSPS) is 10.8. The second kappa shape index (κ2) is 7.71. The maximum absolute atomic E-state index is 5.47. The first kappa shape index (κ1) is 18.6. The summed E-state index contributed by atoms with van der Waals surface area (Å²) in [5.41, 5.74) is 4.54. The Kier molecular flexibility index (Phi) is 4.95. The van der Waals surface area contributed by atoms with Crippen molar-refractivity contribution in [1.82, 2.24) is 15.0 Å². The van der Waals surface area contributed by atoms with Crippen molar-refractivity contribution in [3.63, 3.8) is 0 Å². The van der Waals surface area contributed by atoms with Crippen molar-refractivity contribution in [2.45, 2.75) is 0 Å². The van der Waals surface area contributed by atoms with Crippen LogP contribution >= 0.6 is 0 Å². The maximum Gasteiger partial charge on any atom is 0.203 e. The van der Waals surface area contributed by atoms with Crippen molar-refractivity contribution in [3.05, 3.63) is 54.6 Å². The van der Waals surface area contributed by atoms with Gasteiger partial charge in [0.05, 0.1) is 39.6 Å². The Labute approximate surface area is 168 Å². The lowest BCUT2D eigenvalue weighted by Crippen LogP contribution is -2.01. The Morgan fingerprint density at radius 3 is 1.93 bits per heavy atom. The molecule has 3 aromatic carbocycles.